The van der Waals surface area contributed by atoms with Gasteiger partial charge in [-0.25, -0.2) is 0 Å². The summed E-state index contributed by atoms with van der Waals surface area (Å²) < 4.78 is 44.2. The molecule has 7 heteroatoms. The second-order valence-corrected chi connectivity index (χ2v) is 8.31. The van der Waals surface area contributed by atoms with E-state index in [1.807, 2.05) is 4.90 Å². The van der Waals surface area contributed by atoms with Crippen LogP contribution in [0.4, 0.5) is 13.2 Å². The number of carbonyl (C=O) groups is 1. The van der Waals surface area contributed by atoms with E-state index in [2.05, 4.69) is 4.90 Å². The summed E-state index contributed by atoms with van der Waals surface area (Å²) in [4.78, 5) is 17.4. The Morgan fingerprint density at radius 3 is 2.45 bits per heavy atom. The van der Waals surface area contributed by atoms with Crippen LogP contribution in [0, 0.1) is 0 Å². The highest BCUT2D eigenvalue weighted by Gasteiger charge is 2.32. The quantitative estimate of drug-likeness (QED) is 0.645. The Bertz CT molecular complexity index is 892. The molecular formula is C24H27F3N2O2. The SMILES string of the molecule is O=C(c1ccc(OCc2cccc(C(F)(F)F)c2)cc1)N1CCC[C@H]1CN1CCCC1. The van der Waals surface area contributed by atoms with Gasteiger partial charge in [-0.1, -0.05) is 12.1 Å². The number of carbonyl (C=O) groups excluding carboxylic acids is 1. The van der Waals surface area contributed by atoms with Crippen molar-refractivity contribution in [3.05, 3.63) is 65.2 Å². The minimum absolute atomic E-state index is 0.0290. The number of rotatable bonds is 6. The fourth-order valence-electron chi connectivity index (χ4n) is 4.42. The van der Waals surface area contributed by atoms with Gasteiger partial charge in [-0.05, 0) is 80.7 Å². The second kappa shape index (κ2) is 9.30. The first-order chi connectivity index (χ1) is 14.9. The van der Waals surface area contributed by atoms with Gasteiger partial charge in [-0.2, -0.15) is 13.2 Å². The molecule has 0 aromatic heterocycles. The average molecular weight is 432 g/mol. The summed E-state index contributed by atoms with van der Waals surface area (Å²) in [6.07, 6.45) is 0.175. The molecule has 0 N–H and O–H groups in total. The zero-order chi connectivity index (χ0) is 21.8. The molecule has 0 radical (unpaired) electrons. The molecule has 166 valence electrons. The van der Waals surface area contributed by atoms with E-state index in [0.29, 0.717) is 16.9 Å². The molecule has 0 saturated carbocycles. The molecule has 2 aliphatic heterocycles. The summed E-state index contributed by atoms with van der Waals surface area (Å²) in [7, 11) is 0. The van der Waals surface area contributed by atoms with Gasteiger partial charge >= 0.3 is 6.18 Å². The predicted molar refractivity (Wildman–Crippen MR) is 112 cm³/mol. The Morgan fingerprint density at radius 2 is 1.74 bits per heavy atom. The van der Waals surface area contributed by atoms with Crippen molar-refractivity contribution in [1.82, 2.24) is 9.80 Å². The number of ether oxygens (including phenoxy) is 1. The fraction of sp³-hybridized carbons (Fsp3) is 0.458. The molecule has 0 unspecified atom stereocenters. The van der Waals surface area contributed by atoms with E-state index in [9.17, 15) is 18.0 Å². The van der Waals surface area contributed by atoms with E-state index in [1.165, 1.54) is 18.9 Å². The zero-order valence-corrected chi connectivity index (χ0v) is 17.4. The summed E-state index contributed by atoms with van der Waals surface area (Å²) in [5.74, 6) is 0.551. The molecule has 2 aliphatic rings. The van der Waals surface area contributed by atoms with Crippen molar-refractivity contribution in [2.24, 2.45) is 0 Å². The number of alkyl halides is 3. The molecule has 31 heavy (non-hydrogen) atoms. The van der Waals surface area contributed by atoms with Crippen LogP contribution in [0.3, 0.4) is 0 Å². The molecule has 1 atom stereocenters. The van der Waals surface area contributed by atoms with Crippen molar-refractivity contribution >= 4 is 5.91 Å². The summed E-state index contributed by atoms with van der Waals surface area (Å²) in [6.45, 7) is 4.00. The van der Waals surface area contributed by atoms with E-state index in [-0.39, 0.29) is 18.6 Å². The number of hydrogen-bond acceptors (Lipinski definition) is 3. The van der Waals surface area contributed by atoms with Crippen LogP contribution in [-0.4, -0.2) is 47.9 Å². The largest absolute Gasteiger partial charge is 0.489 e. The lowest BCUT2D eigenvalue weighted by atomic mass is 10.1. The van der Waals surface area contributed by atoms with Crippen LogP contribution in [0.2, 0.25) is 0 Å². The summed E-state index contributed by atoms with van der Waals surface area (Å²) in [6, 6.07) is 12.2. The van der Waals surface area contributed by atoms with Crippen LogP contribution in [0.15, 0.2) is 48.5 Å². The summed E-state index contributed by atoms with van der Waals surface area (Å²) in [5.41, 5.74) is 0.361. The highest BCUT2D eigenvalue weighted by Crippen LogP contribution is 2.30. The molecule has 2 heterocycles. The molecule has 2 fully saturated rings. The monoisotopic (exact) mass is 432 g/mol. The van der Waals surface area contributed by atoms with Crippen molar-refractivity contribution in [1.29, 1.82) is 0 Å². The van der Waals surface area contributed by atoms with Crippen molar-refractivity contribution < 1.29 is 22.7 Å². The lowest BCUT2D eigenvalue weighted by molar-refractivity contribution is -0.137. The van der Waals surface area contributed by atoms with Gasteiger partial charge in [0.1, 0.15) is 12.4 Å². The summed E-state index contributed by atoms with van der Waals surface area (Å²) in [5, 5.41) is 0. The maximum absolute atomic E-state index is 13.0. The Morgan fingerprint density at radius 1 is 1.00 bits per heavy atom. The van der Waals surface area contributed by atoms with Crippen molar-refractivity contribution in [2.45, 2.75) is 44.5 Å². The molecule has 4 rings (SSSR count). The minimum atomic E-state index is -4.37. The Kier molecular flexibility index (Phi) is 6.51. The Hall–Kier alpha value is -2.54. The van der Waals surface area contributed by atoms with Crippen molar-refractivity contribution in [3.63, 3.8) is 0 Å². The van der Waals surface area contributed by atoms with Gasteiger partial charge in [-0.15, -0.1) is 0 Å². The third-order valence-electron chi connectivity index (χ3n) is 6.07. The van der Waals surface area contributed by atoms with Crippen LogP contribution in [0.5, 0.6) is 5.75 Å². The van der Waals surface area contributed by atoms with Crippen molar-refractivity contribution in [2.75, 3.05) is 26.2 Å². The lowest BCUT2D eigenvalue weighted by Gasteiger charge is -2.28. The van der Waals surface area contributed by atoms with Gasteiger partial charge in [0.2, 0.25) is 0 Å². The van der Waals surface area contributed by atoms with E-state index in [1.54, 1.807) is 30.3 Å². The average Bonchev–Trinajstić information content (AvgIpc) is 3.44. The van der Waals surface area contributed by atoms with E-state index < -0.39 is 11.7 Å². The molecule has 2 saturated heterocycles. The first kappa shape index (κ1) is 21.7. The molecule has 2 aromatic carbocycles. The third-order valence-corrected chi connectivity index (χ3v) is 6.07. The second-order valence-electron chi connectivity index (χ2n) is 8.31. The van der Waals surface area contributed by atoms with Gasteiger partial charge in [0.15, 0.2) is 0 Å². The predicted octanol–water partition coefficient (Wildman–Crippen LogP) is 4.98. The maximum atomic E-state index is 13.0. The van der Waals surface area contributed by atoms with Crippen LogP contribution < -0.4 is 4.74 Å². The highest BCUT2D eigenvalue weighted by atomic mass is 19.4. The van der Waals surface area contributed by atoms with E-state index in [4.69, 9.17) is 4.74 Å². The van der Waals surface area contributed by atoms with Gasteiger partial charge in [0.05, 0.1) is 5.56 Å². The number of halogens is 3. The Balaban J connectivity index is 1.35. The molecular weight excluding hydrogens is 405 g/mol. The molecule has 0 spiro atoms. The van der Waals surface area contributed by atoms with Crippen LogP contribution in [-0.2, 0) is 12.8 Å². The lowest BCUT2D eigenvalue weighted by Crippen LogP contribution is -2.42. The van der Waals surface area contributed by atoms with Crippen LogP contribution >= 0.6 is 0 Å². The molecule has 0 bridgehead atoms. The van der Waals surface area contributed by atoms with Crippen LogP contribution in [0.1, 0.15) is 47.2 Å². The van der Waals surface area contributed by atoms with E-state index in [0.717, 1.165) is 51.2 Å². The minimum Gasteiger partial charge on any atom is -0.489 e. The molecule has 1 amide bonds. The normalized spacial score (nSPS) is 19.7. The first-order valence-corrected chi connectivity index (χ1v) is 10.8. The van der Waals surface area contributed by atoms with Gasteiger partial charge in [0.25, 0.3) is 5.91 Å². The number of benzene rings is 2. The number of hydrogen-bond donors (Lipinski definition) is 0. The number of likely N-dealkylation sites (tertiary alicyclic amines) is 2. The zero-order valence-electron chi connectivity index (χ0n) is 17.4. The topological polar surface area (TPSA) is 32.8 Å². The van der Waals surface area contributed by atoms with Gasteiger partial charge in [0, 0.05) is 24.7 Å². The number of nitrogens with zero attached hydrogens (tertiary/aromatic N) is 2. The number of amides is 1. The standard InChI is InChI=1S/C24H27F3N2O2/c25-24(26,27)20-6-3-5-18(15-20)17-31-22-10-8-19(9-11-22)23(30)29-14-4-7-21(29)16-28-12-1-2-13-28/h3,5-6,8-11,15,21H,1-2,4,7,12-14,16-17H2/t21-/m0/s1. The smallest absolute Gasteiger partial charge is 0.416 e. The molecule has 0 aliphatic carbocycles. The Labute approximate surface area is 180 Å². The molecule has 2 aromatic rings. The van der Waals surface area contributed by atoms with E-state index >= 15 is 0 Å². The van der Waals surface area contributed by atoms with Gasteiger partial charge < -0.3 is 14.5 Å². The summed E-state index contributed by atoms with van der Waals surface area (Å²) >= 11 is 0. The first-order valence-electron chi connectivity index (χ1n) is 10.8. The fourth-order valence-corrected chi connectivity index (χ4v) is 4.42. The van der Waals surface area contributed by atoms with Crippen molar-refractivity contribution in [3.8, 4) is 5.75 Å². The molecule has 4 nitrogen and oxygen atoms in total. The maximum Gasteiger partial charge on any atom is 0.416 e. The third kappa shape index (κ3) is 5.39. The van der Waals surface area contributed by atoms with Crippen LogP contribution in [0.25, 0.3) is 0 Å². The highest BCUT2D eigenvalue weighted by molar-refractivity contribution is 5.94. The van der Waals surface area contributed by atoms with Gasteiger partial charge in [-0.3, -0.25) is 4.79 Å².